The lowest BCUT2D eigenvalue weighted by atomic mass is 9.78. The van der Waals surface area contributed by atoms with E-state index in [1.807, 2.05) is 6.20 Å². The summed E-state index contributed by atoms with van der Waals surface area (Å²) in [5, 5.41) is 1.15. The molecule has 0 fully saturated rings. The average Bonchev–Trinajstić information content (AvgIpc) is 3.80. The SMILES string of the molecule is CC1(C)c2ccccc2-c2cccc(-c3cccc(-c4ccc5sc6nc(-c7cccc(-c8cccc9c8C(C)(C)c8ccccc8-9)c7)cnc6c5c4)c3)c21. The Morgan fingerprint density at radius 2 is 0.927 bits per heavy atom. The van der Waals surface area contributed by atoms with Gasteiger partial charge in [-0.1, -0.05) is 155 Å². The van der Waals surface area contributed by atoms with Gasteiger partial charge in [-0.2, -0.15) is 0 Å². The summed E-state index contributed by atoms with van der Waals surface area (Å²) in [5.74, 6) is 0. The third kappa shape index (κ3) is 4.73. The van der Waals surface area contributed by atoms with E-state index in [2.05, 4.69) is 179 Å². The highest BCUT2D eigenvalue weighted by Gasteiger charge is 2.38. The quantitative estimate of drug-likeness (QED) is 0.181. The molecule has 0 spiro atoms. The molecule has 0 amide bonds. The van der Waals surface area contributed by atoms with Crippen LogP contribution in [0.3, 0.4) is 0 Å². The van der Waals surface area contributed by atoms with Crippen molar-refractivity contribution in [1.29, 1.82) is 0 Å². The van der Waals surface area contributed by atoms with Crippen LogP contribution in [0, 0.1) is 0 Å². The van der Waals surface area contributed by atoms with Crippen LogP contribution < -0.4 is 0 Å². The van der Waals surface area contributed by atoms with E-state index in [9.17, 15) is 0 Å². The number of hydrogen-bond acceptors (Lipinski definition) is 3. The van der Waals surface area contributed by atoms with Crippen molar-refractivity contribution >= 4 is 31.8 Å². The van der Waals surface area contributed by atoms with Crippen molar-refractivity contribution in [2.45, 2.75) is 38.5 Å². The molecule has 11 rings (SSSR count). The molecule has 262 valence electrons. The normalized spacial score (nSPS) is 14.5. The minimum Gasteiger partial charge on any atom is -0.251 e. The summed E-state index contributed by atoms with van der Waals surface area (Å²) in [6, 6.07) is 55.8. The third-order valence-corrected chi connectivity index (χ3v) is 13.4. The van der Waals surface area contributed by atoms with Crippen LogP contribution in [0.25, 0.3) is 87.3 Å². The maximum Gasteiger partial charge on any atom is 0.143 e. The number of hydrogen-bond donors (Lipinski definition) is 0. The smallest absolute Gasteiger partial charge is 0.143 e. The summed E-state index contributed by atoms with van der Waals surface area (Å²) < 4.78 is 1.20. The molecule has 3 heteroatoms. The number of fused-ring (bicyclic) bond motifs is 9. The van der Waals surface area contributed by atoms with Gasteiger partial charge in [0.15, 0.2) is 0 Å². The Labute approximate surface area is 325 Å². The average molecular weight is 723 g/mol. The second kappa shape index (κ2) is 11.7. The van der Waals surface area contributed by atoms with E-state index >= 15 is 0 Å². The van der Waals surface area contributed by atoms with Crippen LogP contribution in [0.4, 0.5) is 0 Å². The Morgan fingerprint density at radius 1 is 0.436 bits per heavy atom. The number of aromatic nitrogens is 2. The first-order valence-corrected chi connectivity index (χ1v) is 20.0. The highest BCUT2D eigenvalue weighted by atomic mass is 32.1. The molecule has 0 aliphatic heterocycles. The van der Waals surface area contributed by atoms with E-state index in [1.165, 1.54) is 82.6 Å². The molecule has 2 aliphatic carbocycles. The van der Waals surface area contributed by atoms with E-state index in [4.69, 9.17) is 9.97 Å². The standard InChI is InChI=1S/C52H38N2S/c1-51(2)43-23-7-5-17-38(43)40-21-11-19-36(47(40)51)33-14-9-13-31(27-33)32-25-26-46-42(29-32)49-50(55-46)54-45(30-53-49)35-16-10-15-34(28-35)37-20-12-22-41-39-18-6-8-24-44(39)52(3,4)48(37)41/h5-30H,1-4H3. The highest BCUT2D eigenvalue weighted by Crippen LogP contribution is 2.53. The van der Waals surface area contributed by atoms with Gasteiger partial charge < -0.3 is 0 Å². The van der Waals surface area contributed by atoms with Crippen molar-refractivity contribution in [3.8, 4) is 66.9 Å². The number of nitrogens with zero attached hydrogens (tertiary/aromatic N) is 2. The van der Waals surface area contributed by atoms with Gasteiger partial charge in [0.2, 0.25) is 0 Å². The lowest BCUT2D eigenvalue weighted by molar-refractivity contribution is 0.662. The van der Waals surface area contributed by atoms with Crippen molar-refractivity contribution in [2.75, 3.05) is 0 Å². The van der Waals surface area contributed by atoms with Crippen LogP contribution in [0.1, 0.15) is 49.9 Å². The molecule has 2 nitrogen and oxygen atoms in total. The molecule has 0 radical (unpaired) electrons. The fraction of sp³-hybridized carbons (Fsp3) is 0.115. The Bertz CT molecular complexity index is 3050. The molecular formula is C52H38N2S. The predicted molar refractivity (Wildman–Crippen MR) is 232 cm³/mol. The van der Waals surface area contributed by atoms with Crippen LogP contribution in [0.2, 0.25) is 0 Å². The molecule has 7 aromatic carbocycles. The molecule has 2 aliphatic rings. The summed E-state index contributed by atoms with van der Waals surface area (Å²) in [6.45, 7) is 9.42. The lowest BCUT2D eigenvalue weighted by Gasteiger charge is -2.24. The van der Waals surface area contributed by atoms with Crippen LogP contribution >= 0.6 is 11.3 Å². The maximum atomic E-state index is 5.23. The van der Waals surface area contributed by atoms with E-state index in [1.54, 1.807) is 11.3 Å². The fourth-order valence-electron chi connectivity index (χ4n) is 9.74. The molecule has 0 atom stereocenters. The molecular weight excluding hydrogens is 685 g/mol. The van der Waals surface area contributed by atoms with Crippen LogP contribution in [-0.2, 0) is 10.8 Å². The van der Waals surface area contributed by atoms with Gasteiger partial charge in [0.25, 0.3) is 0 Å². The van der Waals surface area contributed by atoms with Gasteiger partial charge in [-0.25, -0.2) is 4.98 Å². The number of rotatable bonds is 4. The Hall–Kier alpha value is -6.16. The topological polar surface area (TPSA) is 25.8 Å². The third-order valence-electron chi connectivity index (χ3n) is 12.3. The van der Waals surface area contributed by atoms with Gasteiger partial charge in [0.1, 0.15) is 10.3 Å². The highest BCUT2D eigenvalue weighted by molar-refractivity contribution is 7.25. The van der Waals surface area contributed by atoms with Crippen LogP contribution in [0.15, 0.2) is 158 Å². The second-order valence-electron chi connectivity index (χ2n) is 16.2. The molecule has 0 N–H and O–H groups in total. The summed E-state index contributed by atoms with van der Waals surface area (Å²) >= 11 is 1.72. The van der Waals surface area contributed by atoms with Crippen molar-refractivity contribution in [2.24, 2.45) is 0 Å². The first kappa shape index (κ1) is 32.3. The zero-order valence-corrected chi connectivity index (χ0v) is 32.1. The molecule has 0 unspecified atom stereocenters. The molecule has 0 bridgehead atoms. The molecule has 0 saturated carbocycles. The second-order valence-corrected chi connectivity index (χ2v) is 17.2. The van der Waals surface area contributed by atoms with E-state index < -0.39 is 0 Å². The van der Waals surface area contributed by atoms with Gasteiger partial charge >= 0.3 is 0 Å². The van der Waals surface area contributed by atoms with Gasteiger partial charge in [-0.3, -0.25) is 4.98 Å². The van der Waals surface area contributed by atoms with E-state index in [0.717, 1.165) is 27.0 Å². The van der Waals surface area contributed by atoms with Gasteiger partial charge in [-0.15, -0.1) is 11.3 Å². The van der Waals surface area contributed by atoms with E-state index in [-0.39, 0.29) is 10.8 Å². The zero-order valence-electron chi connectivity index (χ0n) is 31.3. The Kier molecular flexibility index (Phi) is 6.85. The predicted octanol–water partition coefficient (Wildman–Crippen LogP) is 14.1. The first-order chi connectivity index (χ1) is 26.8. The molecule has 2 heterocycles. The summed E-state index contributed by atoms with van der Waals surface area (Å²) in [7, 11) is 0. The minimum absolute atomic E-state index is 0.0725. The fourth-order valence-corrected chi connectivity index (χ4v) is 10.8. The molecule has 0 saturated heterocycles. The minimum atomic E-state index is -0.0838. The van der Waals surface area contributed by atoms with Crippen molar-refractivity contribution in [1.82, 2.24) is 9.97 Å². The van der Waals surface area contributed by atoms with Crippen molar-refractivity contribution in [3.63, 3.8) is 0 Å². The molecule has 2 aromatic heterocycles. The molecule has 55 heavy (non-hydrogen) atoms. The Morgan fingerprint density at radius 3 is 1.56 bits per heavy atom. The van der Waals surface area contributed by atoms with Gasteiger partial charge in [0.05, 0.1) is 11.9 Å². The zero-order chi connectivity index (χ0) is 37.1. The summed E-state index contributed by atoms with van der Waals surface area (Å²) in [6.07, 6.45) is 1.95. The van der Waals surface area contributed by atoms with Gasteiger partial charge in [-0.05, 0) is 102 Å². The monoisotopic (exact) mass is 722 g/mol. The lowest BCUT2D eigenvalue weighted by Crippen LogP contribution is -2.16. The number of thiophene rings is 1. The van der Waals surface area contributed by atoms with E-state index in [0.29, 0.717) is 0 Å². The van der Waals surface area contributed by atoms with Crippen LogP contribution in [-0.4, -0.2) is 9.97 Å². The summed E-state index contributed by atoms with van der Waals surface area (Å²) in [4.78, 5) is 11.3. The van der Waals surface area contributed by atoms with Crippen LogP contribution in [0.5, 0.6) is 0 Å². The Balaban J connectivity index is 0.950. The first-order valence-electron chi connectivity index (χ1n) is 19.1. The summed E-state index contributed by atoms with van der Waals surface area (Å²) in [5.41, 5.74) is 21.1. The number of benzene rings is 7. The van der Waals surface area contributed by atoms with Crippen molar-refractivity contribution in [3.05, 3.63) is 180 Å². The largest absolute Gasteiger partial charge is 0.251 e. The molecule has 9 aromatic rings. The van der Waals surface area contributed by atoms with Crippen molar-refractivity contribution < 1.29 is 0 Å². The van der Waals surface area contributed by atoms with Gasteiger partial charge in [0, 0.05) is 26.5 Å². The maximum absolute atomic E-state index is 5.23.